The first-order valence-electron chi connectivity index (χ1n) is 9.21. The smallest absolute Gasteiger partial charge is 0.0434 e. The van der Waals surface area contributed by atoms with Gasteiger partial charge >= 0.3 is 0 Å². The third kappa shape index (κ3) is 3.36. The lowest BCUT2D eigenvalue weighted by molar-refractivity contribution is 0.0746. The number of hydrogen-bond donors (Lipinski definition) is 1. The van der Waals surface area contributed by atoms with Gasteiger partial charge in [-0.25, -0.2) is 0 Å². The van der Waals surface area contributed by atoms with Gasteiger partial charge in [-0.3, -0.25) is 9.88 Å². The van der Waals surface area contributed by atoms with Crippen molar-refractivity contribution in [2.24, 2.45) is 0 Å². The average molecular weight is 301 g/mol. The second-order valence-corrected chi connectivity index (χ2v) is 6.99. The number of aromatic nitrogens is 1. The molecule has 2 aliphatic rings. The van der Waals surface area contributed by atoms with Crippen molar-refractivity contribution in [2.45, 2.75) is 76.9 Å². The Morgan fingerprint density at radius 3 is 2.59 bits per heavy atom. The highest BCUT2D eigenvalue weighted by Crippen LogP contribution is 2.39. The van der Waals surface area contributed by atoms with E-state index in [9.17, 15) is 0 Å². The van der Waals surface area contributed by atoms with Crippen molar-refractivity contribution in [2.75, 3.05) is 13.1 Å². The number of piperazine rings is 1. The first-order valence-corrected chi connectivity index (χ1v) is 9.21. The van der Waals surface area contributed by atoms with E-state index in [1.165, 1.54) is 36.9 Å². The molecule has 1 saturated carbocycles. The standard InChI is InChI=1S/C19H31N3/c1-4-16-13-22(17(5-2)12-20-16)19(6-3)15-9-10-18(21-11-15)14-7-8-14/h9-11,14,16-17,19-20H,4-8,12-13H2,1-3H3/t16-,17+,19?/m0/s1. The highest BCUT2D eigenvalue weighted by atomic mass is 15.3. The van der Waals surface area contributed by atoms with E-state index in [2.05, 4.69) is 49.3 Å². The van der Waals surface area contributed by atoms with Gasteiger partial charge in [-0.2, -0.15) is 0 Å². The first kappa shape index (κ1) is 15.9. The van der Waals surface area contributed by atoms with Gasteiger partial charge in [0.15, 0.2) is 0 Å². The Kier molecular flexibility index (Phi) is 5.14. The van der Waals surface area contributed by atoms with Crippen LogP contribution in [0.25, 0.3) is 0 Å². The molecule has 122 valence electrons. The molecule has 3 atom stereocenters. The molecule has 0 spiro atoms. The Morgan fingerprint density at radius 2 is 2.05 bits per heavy atom. The van der Waals surface area contributed by atoms with Gasteiger partial charge in [0.25, 0.3) is 0 Å². The molecule has 1 aromatic rings. The van der Waals surface area contributed by atoms with Crippen LogP contribution in [0, 0.1) is 0 Å². The Labute approximate surface area is 135 Å². The molecule has 3 nitrogen and oxygen atoms in total. The molecule has 1 unspecified atom stereocenters. The summed E-state index contributed by atoms with van der Waals surface area (Å²) in [7, 11) is 0. The van der Waals surface area contributed by atoms with Gasteiger partial charge in [0.05, 0.1) is 0 Å². The maximum Gasteiger partial charge on any atom is 0.0434 e. The lowest BCUT2D eigenvalue weighted by Crippen LogP contribution is -2.56. The van der Waals surface area contributed by atoms with Crippen molar-refractivity contribution in [3.63, 3.8) is 0 Å². The Morgan fingerprint density at radius 1 is 1.23 bits per heavy atom. The molecule has 2 heterocycles. The fraction of sp³-hybridized carbons (Fsp3) is 0.737. The van der Waals surface area contributed by atoms with Crippen molar-refractivity contribution < 1.29 is 0 Å². The van der Waals surface area contributed by atoms with Crippen LogP contribution in [-0.2, 0) is 0 Å². The maximum absolute atomic E-state index is 4.75. The van der Waals surface area contributed by atoms with Crippen LogP contribution in [0.3, 0.4) is 0 Å². The molecular formula is C19H31N3. The van der Waals surface area contributed by atoms with E-state index in [1.807, 2.05) is 0 Å². The molecule has 0 aromatic carbocycles. The maximum atomic E-state index is 4.75. The van der Waals surface area contributed by atoms with Crippen LogP contribution in [0.15, 0.2) is 18.3 Å². The van der Waals surface area contributed by atoms with E-state index in [1.54, 1.807) is 0 Å². The number of nitrogens with zero attached hydrogens (tertiary/aromatic N) is 2. The Bertz CT molecular complexity index is 466. The van der Waals surface area contributed by atoms with Gasteiger partial charge in [-0.15, -0.1) is 0 Å². The lowest BCUT2D eigenvalue weighted by atomic mass is 9.97. The molecule has 3 rings (SSSR count). The van der Waals surface area contributed by atoms with Gasteiger partial charge in [-0.1, -0.05) is 26.8 Å². The SMILES string of the molecule is CCC(c1ccc(C2CC2)nc1)N1C[C@H](CC)NC[C@H]1CC. The minimum atomic E-state index is 0.516. The summed E-state index contributed by atoms with van der Waals surface area (Å²) in [4.78, 5) is 7.49. The second kappa shape index (κ2) is 7.10. The number of pyridine rings is 1. The van der Waals surface area contributed by atoms with Crippen LogP contribution in [0.5, 0.6) is 0 Å². The van der Waals surface area contributed by atoms with E-state index >= 15 is 0 Å². The summed E-state index contributed by atoms with van der Waals surface area (Å²) >= 11 is 0. The first-order chi connectivity index (χ1) is 10.8. The van der Waals surface area contributed by atoms with Crippen molar-refractivity contribution in [1.29, 1.82) is 0 Å². The molecule has 0 amide bonds. The Hall–Kier alpha value is -0.930. The van der Waals surface area contributed by atoms with E-state index < -0.39 is 0 Å². The fourth-order valence-electron chi connectivity index (χ4n) is 3.82. The summed E-state index contributed by atoms with van der Waals surface area (Å²) in [6.45, 7) is 9.20. The molecule has 3 heteroatoms. The summed E-state index contributed by atoms with van der Waals surface area (Å²) < 4.78 is 0. The fourth-order valence-corrected chi connectivity index (χ4v) is 3.82. The zero-order chi connectivity index (χ0) is 15.5. The molecule has 22 heavy (non-hydrogen) atoms. The minimum Gasteiger partial charge on any atom is -0.311 e. The zero-order valence-corrected chi connectivity index (χ0v) is 14.4. The van der Waals surface area contributed by atoms with Crippen LogP contribution < -0.4 is 5.32 Å². The molecule has 1 saturated heterocycles. The summed E-state index contributed by atoms with van der Waals surface area (Å²) in [6, 6.07) is 6.41. The molecule has 1 aromatic heterocycles. The molecule has 0 bridgehead atoms. The van der Waals surface area contributed by atoms with Crippen LogP contribution in [0.1, 0.15) is 76.1 Å². The molecule has 1 N–H and O–H groups in total. The van der Waals surface area contributed by atoms with Crippen LogP contribution in [-0.4, -0.2) is 35.1 Å². The van der Waals surface area contributed by atoms with Crippen LogP contribution >= 0.6 is 0 Å². The third-order valence-electron chi connectivity index (χ3n) is 5.48. The third-order valence-corrected chi connectivity index (χ3v) is 5.48. The molecule has 1 aliphatic heterocycles. The summed E-state index contributed by atoms with van der Waals surface area (Å²) in [5, 5.41) is 3.71. The topological polar surface area (TPSA) is 28.2 Å². The average Bonchev–Trinajstić information content (AvgIpc) is 3.41. The lowest BCUT2D eigenvalue weighted by Gasteiger charge is -2.44. The molecule has 0 radical (unpaired) electrons. The predicted octanol–water partition coefficient (Wildman–Crippen LogP) is 3.87. The van der Waals surface area contributed by atoms with Gasteiger partial charge in [0, 0.05) is 49.0 Å². The summed E-state index contributed by atoms with van der Waals surface area (Å²) in [6.07, 6.45) is 8.40. The van der Waals surface area contributed by atoms with Crippen molar-refractivity contribution in [3.05, 3.63) is 29.6 Å². The van der Waals surface area contributed by atoms with E-state index in [-0.39, 0.29) is 0 Å². The van der Waals surface area contributed by atoms with Gasteiger partial charge in [0.1, 0.15) is 0 Å². The highest BCUT2D eigenvalue weighted by molar-refractivity contribution is 5.22. The molecular weight excluding hydrogens is 270 g/mol. The number of nitrogens with one attached hydrogen (secondary N) is 1. The normalized spacial score (nSPS) is 27.8. The monoisotopic (exact) mass is 301 g/mol. The van der Waals surface area contributed by atoms with Crippen molar-refractivity contribution in [3.8, 4) is 0 Å². The summed E-state index contributed by atoms with van der Waals surface area (Å²) in [5.74, 6) is 0.751. The van der Waals surface area contributed by atoms with Gasteiger partial charge in [-0.05, 0) is 43.7 Å². The molecule has 2 fully saturated rings. The largest absolute Gasteiger partial charge is 0.311 e. The second-order valence-electron chi connectivity index (χ2n) is 6.99. The number of rotatable bonds is 6. The van der Waals surface area contributed by atoms with E-state index in [0.29, 0.717) is 18.1 Å². The number of hydrogen-bond acceptors (Lipinski definition) is 3. The van der Waals surface area contributed by atoms with Gasteiger partial charge < -0.3 is 5.32 Å². The Balaban J connectivity index is 1.77. The van der Waals surface area contributed by atoms with Crippen molar-refractivity contribution in [1.82, 2.24) is 15.2 Å². The van der Waals surface area contributed by atoms with Crippen LogP contribution in [0.4, 0.5) is 0 Å². The van der Waals surface area contributed by atoms with E-state index in [4.69, 9.17) is 4.98 Å². The predicted molar refractivity (Wildman–Crippen MR) is 92.1 cm³/mol. The van der Waals surface area contributed by atoms with Gasteiger partial charge in [0.2, 0.25) is 0 Å². The summed E-state index contributed by atoms with van der Waals surface area (Å²) in [5.41, 5.74) is 2.71. The minimum absolute atomic E-state index is 0.516. The van der Waals surface area contributed by atoms with Crippen LogP contribution in [0.2, 0.25) is 0 Å². The highest BCUT2D eigenvalue weighted by Gasteiger charge is 2.32. The van der Waals surface area contributed by atoms with Crippen molar-refractivity contribution >= 4 is 0 Å². The molecule has 1 aliphatic carbocycles. The zero-order valence-electron chi connectivity index (χ0n) is 14.4. The van der Waals surface area contributed by atoms with E-state index in [0.717, 1.165) is 25.4 Å². The quantitative estimate of drug-likeness (QED) is 0.864.